The van der Waals surface area contributed by atoms with Gasteiger partial charge in [0.1, 0.15) is 0 Å². The number of hydrogen-bond donors (Lipinski definition) is 1. The molecule has 0 aliphatic carbocycles. The summed E-state index contributed by atoms with van der Waals surface area (Å²) in [5, 5.41) is 1.88. The van der Waals surface area contributed by atoms with Gasteiger partial charge in [-0.2, -0.15) is 5.01 Å². The number of cyclic esters (lactones) is 1. The summed E-state index contributed by atoms with van der Waals surface area (Å²) in [5.74, 6) is -0.320. The van der Waals surface area contributed by atoms with E-state index in [0.717, 1.165) is 25.7 Å². The molecule has 3 heterocycles. The number of hydrogen-bond acceptors (Lipinski definition) is 5. The van der Waals surface area contributed by atoms with Gasteiger partial charge >= 0.3 is 6.09 Å². The molecule has 7 nitrogen and oxygen atoms in total. The number of carbonyl (C=O) groups is 3. The predicted octanol–water partition coefficient (Wildman–Crippen LogP) is 1.94. The number of fused-ring (bicyclic) bond motifs is 3. The van der Waals surface area contributed by atoms with Gasteiger partial charge < -0.3 is 4.74 Å². The highest BCUT2D eigenvalue weighted by Gasteiger charge is 2.86. The molecule has 1 aromatic rings. The van der Waals surface area contributed by atoms with Crippen molar-refractivity contribution in [3.8, 4) is 0 Å². The Morgan fingerprint density at radius 2 is 2.24 bits per heavy atom. The molecular formula is C18H21N3O4. The molecule has 7 heteroatoms. The van der Waals surface area contributed by atoms with E-state index in [4.69, 9.17) is 4.74 Å². The fraction of sp³-hybridized carbons (Fsp3) is 0.500. The first-order valence-electron chi connectivity index (χ1n) is 8.76. The molecule has 3 aliphatic rings. The van der Waals surface area contributed by atoms with E-state index in [1.165, 1.54) is 0 Å². The lowest BCUT2D eigenvalue weighted by Gasteiger charge is -2.10. The fourth-order valence-electron chi connectivity index (χ4n) is 4.19. The van der Waals surface area contributed by atoms with Crippen LogP contribution >= 0.6 is 0 Å². The van der Waals surface area contributed by atoms with E-state index in [0.29, 0.717) is 24.0 Å². The summed E-state index contributed by atoms with van der Waals surface area (Å²) in [4.78, 5) is 37.6. The van der Waals surface area contributed by atoms with E-state index in [2.05, 4.69) is 12.3 Å². The molecule has 2 amide bonds. The number of ether oxygens (including phenoxy) is 1. The van der Waals surface area contributed by atoms with Crippen LogP contribution in [0.15, 0.2) is 24.3 Å². The topological polar surface area (TPSA) is 78.5 Å². The van der Waals surface area contributed by atoms with Gasteiger partial charge in [0.05, 0.1) is 24.3 Å². The maximum Gasteiger partial charge on any atom is 0.411 e. The number of unbranched alkanes of at least 4 members (excludes halogenated alkanes) is 1. The zero-order valence-corrected chi connectivity index (χ0v) is 14.1. The van der Waals surface area contributed by atoms with E-state index >= 15 is 0 Å². The summed E-state index contributed by atoms with van der Waals surface area (Å²) in [6.07, 6.45) is 4.15. The van der Waals surface area contributed by atoms with E-state index in [1.807, 2.05) is 5.01 Å². The van der Waals surface area contributed by atoms with Crippen LogP contribution in [0.25, 0.3) is 0 Å². The van der Waals surface area contributed by atoms with Gasteiger partial charge in [0.2, 0.25) is 0 Å². The van der Waals surface area contributed by atoms with Gasteiger partial charge in [-0.05, 0) is 12.5 Å². The van der Waals surface area contributed by atoms with Crippen LogP contribution in [-0.4, -0.2) is 52.5 Å². The molecule has 1 unspecified atom stereocenters. The first kappa shape index (κ1) is 16.1. The van der Waals surface area contributed by atoms with Gasteiger partial charge in [-0.25, -0.2) is 4.79 Å². The third-order valence-electron chi connectivity index (χ3n) is 5.44. The number of nitrogens with one attached hydrogen (secondary N) is 1. The lowest BCUT2D eigenvalue weighted by Crippen LogP contribution is -2.33. The quantitative estimate of drug-likeness (QED) is 0.631. The van der Waals surface area contributed by atoms with Gasteiger partial charge in [0, 0.05) is 12.0 Å². The normalized spacial score (nSPS) is 32.0. The second-order valence-electron chi connectivity index (χ2n) is 6.75. The number of nitrogens with zero attached hydrogens (tertiary/aromatic N) is 2. The highest BCUT2D eigenvalue weighted by molar-refractivity contribution is 6.01. The number of rotatable bonds is 6. The second-order valence-corrected chi connectivity index (χ2v) is 6.75. The number of carbonyl (C=O) groups excluding carboxylic acids is 3. The third-order valence-corrected chi connectivity index (χ3v) is 5.44. The minimum absolute atomic E-state index is 0.107. The number of aldehydes is 1. The monoisotopic (exact) mass is 343 g/mol. The maximum atomic E-state index is 12.7. The molecule has 1 N–H and O–H groups in total. The molecule has 0 radical (unpaired) electrons. The third kappa shape index (κ3) is 2.26. The number of amides is 2. The van der Waals surface area contributed by atoms with E-state index in [9.17, 15) is 14.4 Å². The zero-order valence-electron chi connectivity index (χ0n) is 14.1. The van der Waals surface area contributed by atoms with Crippen LogP contribution < -0.4 is 5.43 Å². The van der Waals surface area contributed by atoms with Crippen molar-refractivity contribution in [1.29, 1.82) is 0 Å². The van der Waals surface area contributed by atoms with Crippen molar-refractivity contribution in [1.82, 2.24) is 15.3 Å². The van der Waals surface area contributed by atoms with Crippen molar-refractivity contribution in [3.63, 3.8) is 0 Å². The largest absolute Gasteiger partial charge is 0.449 e. The van der Waals surface area contributed by atoms with E-state index < -0.39 is 5.66 Å². The van der Waals surface area contributed by atoms with Crippen molar-refractivity contribution in [2.24, 2.45) is 0 Å². The van der Waals surface area contributed by atoms with Gasteiger partial charge in [-0.1, -0.05) is 38.0 Å². The van der Waals surface area contributed by atoms with E-state index in [-0.39, 0.29) is 24.1 Å². The Morgan fingerprint density at radius 1 is 1.44 bits per heavy atom. The summed E-state index contributed by atoms with van der Waals surface area (Å²) >= 11 is 0. The second kappa shape index (κ2) is 5.84. The number of hydrazine groups is 1. The lowest BCUT2D eigenvalue weighted by atomic mass is 10.1. The van der Waals surface area contributed by atoms with Crippen LogP contribution in [0, 0.1) is 0 Å². The van der Waals surface area contributed by atoms with Crippen LogP contribution in [-0.2, 0) is 4.74 Å². The Bertz CT molecular complexity index is 737. The average Bonchev–Trinajstić information content (AvgIpc) is 3.49. The molecule has 25 heavy (non-hydrogen) atoms. The molecule has 1 aromatic carbocycles. The highest BCUT2D eigenvalue weighted by atomic mass is 16.6. The maximum absolute atomic E-state index is 12.7. The minimum Gasteiger partial charge on any atom is -0.449 e. The Morgan fingerprint density at radius 3 is 2.96 bits per heavy atom. The standard InChI is InChI=1S/C18H21N3O4/c1-2-3-8-15-18(14-9-10-25-17(24)20(14)18)21(15)19-16(23)13-7-5-4-6-12(13)11-22/h4-7,11,14-15H,2-3,8-10H2,1H3,(H,19,23)/t14-,15+,18-,20?,21?/m0/s1. The van der Waals surface area contributed by atoms with Gasteiger partial charge in [-0.15, -0.1) is 0 Å². The summed E-state index contributed by atoms with van der Waals surface area (Å²) in [7, 11) is 0. The molecule has 4 rings (SSSR count). The molecule has 1 spiro atoms. The first-order chi connectivity index (χ1) is 12.2. The van der Waals surface area contributed by atoms with Crippen molar-refractivity contribution in [3.05, 3.63) is 35.4 Å². The SMILES string of the molecule is CCCC[C@H]1N(NC(=O)c2ccccc2C=O)[C@@]12[C@@H]1CCOC(=O)N12. The van der Waals surface area contributed by atoms with Crippen LogP contribution in [0.4, 0.5) is 4.79 Å². The minimum atomic E-state index is -0.422. The van der Waals surface area contributed by atoms with Crippen molar-refractivity contribution >= 4 is 18.3 Å². The summed E-state index contributed by atoms with van der Waals surface area (Å²) in [6, 6.07) is 6.91. The highest BCUT2D eigenvalue weighted by Crippen LogP contribution is 2.63. The molecule has 3 saturated heterocycles. The summed E-state index contributed by atoms with van der Waals surface area (Å²) in [6.45, 7) is 2.55. The molecule has 3 aliphatic heterocycles. The smallest absolute Gasteiger partial charge is 0.411 e. The van der Waals surface area contributed by atoms with Gasteiger partial charge in [-0.3, -0.25) is 19.9 Å². The van der Waals surface area contributed by atoms with E-state index in [1.54, 1.807) is 29.2 Å². The molecule has 0 aromatic heterocycles. The Labute approximate surface area is 145 Å². The van der Waals surface area contributed by atoms with Crippen LogP contribution in [0.1, 0.15) is 53.3 Å². The average molecular weight is 343 g/mol. The Kier molecular flexibility index (Phi) is 3.76. The first-order valence-corrected chi connectivity index (χ1v) is 8.76. The van der Waals surface area contributed by atoms with Crippen LogP contribution in [0.2, 0.25) is 0 Å². The number of benzene rings is 1. The summed E-state index contributed by atoms with van der Waals surface area (Å²) in [5.41, 5.74) is 3.20. The summed E-state index contributed by atoms with van der Waals surface area (Å²) < 4.78 is 5.14. The van der Waals surface area contributed by atoms with Crippen molar-refractivity contribution in [2.45, 2.75) is 50.4 Å². The van der Waals surface area contributed by atoms with Gasteiger partial charge in [0.25, 0.3) is 5.91 Å². The lowest BCUT2D eigenvalue weighted by molar-refractivity contribution is 0.0861. The van der Waals surface area contributed by atoms with Crippen molar-refractivity contribution in [2.75, 3.05) is 6.61 Å². The predicted molar refractivity (Wildman–Crippen MR) is 88.8 cm³/mol. The van der Waals surface area contributed by atoms with Gasteiger partial charge in [0.15, 0.2) is 11.9 Å². The molecule has 0 saturated carbocycles. The van der Waals surface area contributed by atoms with Crippen LogP contribution in [0.3, 0.4) is 0 Å². The molecular weight excluding hydrogens is 322 g/mol. The molecule has 3 fully saturated rings. The van der Waals surface area contributed by atoms with Crippen LogP contribution in [0.5, 0.6) is 0 Å². The molecule has 0 bridgehead atoms. The zero-order chi connectivity index (χ0) is 17.6. The Balaban J connectivity index is 1.54. The molecule has 4 atom stereocenters. The Hall–Kier alpha value is -2.41. The van der Waals surface area contributed by atoms with Crippen molar-refractivity contribution < 1.29 is 19.1 Å². The molecule has 132 valence electrons. The fourth-order valence-corrected chi connectivity index (χ4v) is 4.19.